The molecule has 0 heterocycles. The van der Waals surface area contributed by atoms with Crippen LogP contribution in [0, 0.1) is 35.5 Å². The lowest BCUT2D eigenvalue weighted by atomic mass is 9.69. The minimum atomic E-state index is -0.213. The lowest BCUT2D eigenvalue weighted by molar-refractivity contribution is -0.127. The largest absolute Gasteiger partial charge is 0.299 e. The van der Waals surface area contributed by atoms with E-state index in [1.165, 1.54) is 5.56 Å². The highest BCUT2D eigenvalue weighted by Gasteiger charge is 2.63. The summed E-state index contributed by atoms with van der Waals surface area (Å²) >= 11 is 0. The van der Waals surface area contributed by atoms with Crippen LogP contribution in [0.4, 0.5) is 0 Å². The van der Waals surface area contributed by atoms with Gasteiger partial charge < -0.3 is 0 Å². The molecule has 2 fully saturated rings. The minimum absolute atomic E-state index is 0.130. The number of fused-ring (bicyclic) bond motifs is 2. The molecule has 19 heavy (non-hydrogen) atoms. The van der Waals surface area contributed by atoms with Crippen molar-refractivity contribution in [1.29, 1.82) is 0 Å². The van der Waals surface area contributed by atoms with Crippen molar-refractivity contribution < 1.29 is 4.79 Å². The van der Waals surface area contributed by atoms with Crippen molar-refractivity contribution >= 4 is 5.78 Å². The molecule has 1 nitrogen and oxygen atoms in total. The van der Waals surface area contributed by atoms with Crippen LogP contribution in [0.5, 0.6) is 0 Å². The number of aryl methyl sites for hydroxylation is 1. The summed E-state index contributed by atoms with van der Waals surface area (Å²) in [6.07, 6.45) is 2.90. The summed E-state index contributed by atoms with van der Waals surface area (Å²) in [6.45, 7) is 6.39. The smallest absolute Gasteiger partial charge is 0.140 e. The highest BCUT2D eigenvalue weighted by atomic mass is 16.1. The second kappa shape index (κ2) is 3.97. The second-order valence-corrected chi connectivity index (χ2v) is 6.51. The van der Waals surface area contributed by atoms with Gasteiger partial charge in [-0.05, 0) is 44.7 Å². The van der Waals surface area contributed by atoms with Crippen LogP contribution in [0.2, 0.25) is 0 Å². The van der Waals surface area contributed by atoms with Gasteiger partial charge in [0, 0.05) is 22.8 Å². The van der Waals surface area contributed by atoms with E-state index in [1.807, 2.05) is 0 Å². The summed E-state index contributed by atoms with van der Waals surface area (Å²) in [6, 6.07) is 8.30. The molecule has 1 aromatic carbocycles. The van der Waals surface area contributed by atoms with E-state index in [9.17, 15) is 4.79 Å². The number of carbonyl (C=O) groups is 1. The first-order valence-electron chi connectivity index (χ1n) is 7.09. The Labute approximate surface area is 115 Å². The Bertz CT molecular complexity index is 586. The quantitative estimate of drug-likeness (QED) is 0.643. The molecule has 98 valence electrons. The highest BCUT2D eigenvalue weighted by Crippen LogP contribution is 2.63. The Morgan fingerprint density at radius 3 is 2.42 bits per heavy atom. The zero-order valence-corrected chi connectivity index (χ0v) is 11.9. The van der Waals surface area contributed by atoms with Crippen LogP contribution < -0.4 is 0 Å². The molecule has 0 N–H and O–H groups in total. The number of Topliss-reactive ketones (excluding diaryl/α,β-unsaturated/α-hetero) is 1. The molecule has 0 saturated heterocycles. The van der Waals surface area contributed by atoms with Gasteiger partial charge in [0.05, 0.1) is 0 Å². The molecular weight excluding hydrogens is 232 g/mol. The van der Waals surface area contributed by atoms with Crippen molar-refractivity contribution in [3.8, 4) is 11.8 Å². The molecule has 1 aromatic rings. The van der Waals surface area contributed by atoms with Gasteiger partial charge in [-0.25, -0.2) is 0 Å². The van der Waals surface area contributed by atoms with Crippen molar-refractivity contribution in [2.45, 2.75) is 40.0 Å². The summed E-state index contributed by atoms with van der Waals surface area (Å²) in [5.74, 6) is 7.64. The van der Waals surface area contributed by atoms with Gasteiger partial charge in [0.25, 0.3) is 0 Å². The standard InChI is InChI=1S/C18H20O/c1-13-4-6-14(7-5-13)8-10-17(2)15-9-11-18(17,3)16(19)12-15/h4-7,15H,9,11-12H2,1-3H3. The zero-order valence-electron chi connectivity index (χ0n) is 11.9. The predicted molar refractivity (Wildman–Crippen MR) is 76.6 cm³/mol. The minimum Gasteiger partial charge on any atom is -0.299 e. The summed E-state index contributed by atoms with van der Waals surface area (Å²) in [7, 11) is 0. The van der Waals surface area contributed by atoms with Gasteiger partial charge in [0.15, 0.2) is 0 Å². The van der Waals surface area contributed by atoms with Gasteiger partial charge in [-0.2, -0.15) is 0 Å². The van der Waals surface area contributed by atoms with E-state index < -0.39 is 0 Å². The Balaban J connectivity index is 1.96. The molecular formula is C18H20O. The van der Waals surface area contributed by atoms with Gasteiger partial charge in [-0.1, -0.05) is 36.5 Å². The Kier molecular flexibility index (Phi) is 2.61. The fourth-order valence-electron chi connectivity index (χ4n) is 3.72. The molecule has 3 rings (SSSR count). The van der Waals surface area contributed by atoms with Crippen molar-refractivity contribution in [3.63, 3.8) is 0 Å². The maximum absolute atomic E-state index is 12.2. The molecule has 2 saturated carbocycles. The van der Waals surface area contributed by atoms with Gasteiger partial charge >= 0.3 is 0 Å². The van der Waals surface area contributed by atoms with Crippen LogP contribution in [-0.2, 0) is 4.79 Å². The number of benzene rings is 1. The molecule has 0 aliphatic heterocycles. The molecule has 1 heteroatoms. The van der Waals surface area contributed by atoms with Gasteiger partial charge in [-0.15, -0.1) is 0 Å². The van der Waals surface area contributed by atoms with Crippen molar-refractivity contribution in [1.82, 2.24) is 0 Å². The Morgan fingerprint density at radius 2 is 1.89 bits per heavy atom. The lowest BCUT2D eigenvalue weighted by Crippen LogP contribution is -2.33. The fourth-order valence-corrected chi connectivity index (χ4v) is 3.72. The van der Waals surface area contributed by atoms with Gasteiger partial charge in [-0.3, -0.25) is 4.79 Å². The molecule has 3 unspecified atom stereocenters. The molecule has 0 radical (unpaired) electrons. The second-order valence-electron chi connectivity index (χ2n) is 6.51. The van der Waals surface area contributed by atoms with E-state index in [1.54, 1.807) is 0 Å². The molecule has 0 amide bonds. The van der Waals surface area contributed by atoms with Crippen LogP contribution in [0.25, 0.3) is 0 Å². The van der Waals surface area contributed by atoms with Crippen LogP contribution in [0.3, 0.4) is 0 Å². The zero-order chi connectivity index (χ0) is 13.7. The third-order valence-corrected chi connectivity index (χ3v) is 5.52. The fraction of sp³-hybridized carbons (Fsp3) is 0.500. The van der Waals surface area contributed by atoms with Crippen LogP contribution in [0.15, 0.2) is 24.3 Å². The lowest BCUT2D eigenvalue weighted by Gasteiger charge is -2.31. The number of hydrogen-bond acceptors (Lipinski definition) is 1. The SMILES string of the molecule is Cc1ccc(C#CC2(C)C3CCC2(C)C(=O)C3)cc1. The summed E-state index contributed by atoms with van der Waals surface area (Å²) in [5.41, 5.74) is 1.96. The average molecular weight is 252 g/mol. The molecule has 2 aliphatic rings. The number of ketones is 1. The van der Waals surface area contributed by atoms with Crippen LogP contribution in [-0.4, -0.2) is 5.78 Å². The monoisotopic (exact) mass is 252 g/mol. The van der Waals surface area contributed by atoms with E-state index in [0.29, 0.717) is 11.7 Å². The third-order valence-electron chi connectivity index (χ3n) is 5.52. The number of hydrogen-bond donors (Lipinski definition) is 0. The van der Waals surface area contributed by atoms with E-state index in [4.69, 9.17) is 0 Å². The summed E-state index contributed by atoms with van der Waals surface area (Å²) in [4.78, 5) is 12.2. The van der Waals surface area contributed by atoms with E-state index in [-0.39, 0.29) is 10.8 Å². The number of rotatable bonds is 0. The van der Waals surface area contributed by atoms with E-state index >= 15 is 0 Å². The summed E-state index contributed by atoms with van der Waals surface area (Å²) < 4.78 is 0. The molecule has 3 atom stereocenters. The van der Waals surface area contributed by atoms with E-state index in [2.05, 4.69) is 56.9 Å². The van der Waals surface area contributed by atoms with Gasteiger partial charge in [0.1, 0.15) is 5.78 Å². The van der Waals surface area contributed by atoms with Crippen LogP contribution in [0.1, 0.15) is 44.2 Å². The molecule has 2 bridgehead atoms. The molecule has 2 aliphatic carbocycles. The van der Waals surface area contributed by atoms with Crippen LogP contribution >= 0.6 is 0 Å². The predicted octanol–water partition coefficient (Wildman–Crippen LogP) is 3.74. The average Bonchev–Trinajstić information content (AvgIpc) is 2.74. The normalized spacial score (nSPS) is 36.2. The topological polar surface area (TPSA) is 17.1 Å². The molecule has 0 aromatic heterocycles. The van der Waals surface area contributed by atoms with Crippen molar-refractivity contribution in [2.75, 3.05) is 0 Å². The van der Waals surface area contributed by atoms with Gasteiger partial charge in [0.2, 0.25) is 0 Å². The summed E-state index contributed by atoms with van der Waals surface area (Å²) in [5, 5.41) is 0. The van der Waals surface area contributed by atoms with Crippen molar-refractivity contribution in [3.05, 3.63) is 35.4 Å². The Hall–Kier alpha value is -1.55. The number of carbonyl (C=O) groups excluding carboxylic acids is 1. The third kappa shape index (κ3) is 1.66. The Morgan fingerprint density at radius 1 is 1.21 bits per heavy atom. The maximum Gasteiger partial charge on any atom is 0.140 e. The van der Waals surface area contributed by atoms with Crippen molar-refractivity contribution in [2.24, 2.45) is 16.7 Å². The first-order chi connectivity index (χ1) is 8.96. The first-order valence-corrected chi connectivity index (χ1v) is 7.09. The maximum atomic E-state index is 12.2. The molecule has 0 spiro atoms. The highest BCUT2D eigenvalue weighted by molar-refractivity contribution is 5.90. The van der Waals surface area contributed by atoms with E-state index in [0.717, 1.165) is 24.8 Å². The first kappa shape index (κ1) is 12.5.